The molecule has 2 heteroatoms. The molecule has 2 rings (SSSR count). The zero-order valence-electron chi connectivity index (χ0n) is 7.31. The normalized spacial score (nSPS) is 15.8. The van der Waals surface area contributed by atoms with Gasteiger partial charge in [-0.2, -0.15) is 0 Å². The summed E-state index contributed by atoms with van der Waals surface area (Å²) in [5, 5.41) is 0. The maximum atomic E-state index is 2.35. The highest BCUT2D eigenvalue weighted by atomic mass is 127. The Balaban J connectivity index is 2.54. The van der Waals surface area contributed by atoms with E-state index >= 15 is 0 Å². The molecule has 1 nitrogen and oxygen atoms in total. The summed E-state index contributed by atoms with van der Waals surface area (Å²) in [6, 6.07) is 2.27. The summed E-state index contributed by atoms with van der Waals surface area (Å²) in [5.41, 5.74) is 4.61. The molecular weight excluding hydrogens is 261 g/mol. The second-order valence-corrected chi connectivity index (χ2v) is 4.46. The minimum atomic E-state index is 1.28. The van der Waals surface area contributed by atoms with Crippen molar-refractivity contribution in [2.75, 3.05) is 0 Å². The van der Waals surface area contributed by atoms with Gasteiger partial charge in [-0.15, -0.1) is 2.78 Å². The van der Waals surface area contributed by atoms with E-state index in [9.17, 15) is 0 Å². The first-order valence-electron chi connectivity index (χ1n) is 4.48. The molecular formula is C10H13IN+. The zero-order chi connectivity index (χ0) is 8.55. The molecule has 12 heavy (non-hydrogen) atoms. The van der Waals surface area contributed by atoms with Crippen molar-refractivity contribution in [3.05, 3.63) is 29.1 Å². The van der Waals surface area contributed by atoms with Crippen LogP contribution in [-0.2, 0) is 12.8 Å². The first-order valence-corrected chi connectivity index (χ1v) is 5.44. The lowest BCUT2D eigenvalue weighted by molar-refractivity contribution is -0.449. The van der Waals surface area contributed by atoms with Gasteiger partial charge in [0.25, 0.3) is 0 Å². The molecule has 0 saturated carbocycles. The van der Waals surface area contributed by atoms with Crippen molar-refractivity contribution in [1.82, 2.24) is 0 Å². The fourth-order valence-corrected chi connectivity index (χ4v) is 2.37. The fraction of sp³-hybridized carbons (Fsp3) is 0.500. The number of hydrogen-bond acceptors (Lipinski definition) is 0. The SMILES string of the molecule is Cc1c2c(cc[n+]1I)CCCC2. The third-order valence-electron chi connectivity index (χ3n) is 2.67. The Labute approximate surface area is 87.3 Å². The number of halogens is 1. The highest BCUT2D eigenvalue weighted by Crippen LogP contribution is 2.21. The number of fused-ring (bicyclic) bond motifs is 1. The second-order valence-electron chi connectivity index (χ2n) is 3.42. The van der Waals surface area contributed by atoms with E-state index < -0.39 is 0 Å². The summed E-state index contributed by atoms with van der Waals surface area (Å²) in [6.45, 7) is 2.22. The van der Waals surface area contributed by atoms with Crippen LogP contribution in [-0.4, -0.2) is 0 Å². The molecule has 0 bridgehead atoms. The van der Waals surface area contributed by atoms with Gasteiger partial charge in [0.15, 0.2) is 11.9 Å². The Hall–Kier alpha value is -0.120. The van der Waals surface area contributed by atoms with Gasteiger partial charge >= 0.3 is 22.9 Å². The van der Waals surface area contributed by atoms with Crippen molar-refractivity contribution in [3.63, 3.8) is 0 Å². The lowest BCUT2D eigenvalue weighted by Crippen LogP contribution is -2.26. The summed E-state index contributed by atoms with van der Waals surface area (Å²) in [7, 11) is 0. The van der Waals surface area contributed by atoms with E-state index in [1.807, 2.05) is 0 Å². The van der Waals surface area contributed by atoms with Crippen LogP contribution in [0.15, 0.2) is 12.3 Å². The van der Waals surface area contributed by atoms with Crippen molar-refractivity contribution < 1.29 is 2.78 Å². The van der Waals surface area contributed by atoms with Crippen LogP contribution >= 0.6 is 22.9 Å². The van der Waals surface area contributed by atoms with E-state index in [0.717, 1.165) is 0 Å². The van der Waals surface area contributed by atoms with Gasteiger partial charge < -0.3 is 0 Å². The van der Waals surface area contributed by atoms with Crippen LogP contribution in [0.5, 0.6) is 0 Å². The van der Waals surface area contributed by atoms with Gasteiger partial charge in [0, 0.05) is 18.6 Å². The third-order valence-corrected chi connectivity index (χ3v) is 3.72. The Morgan fingerprint density at radius 3 is 2.92 bits per heavy atom. The summed E-state index contributed by atoms with van der Waals surface area (Å²) >= 11 is 2.35. The largest absolute Gasteiger partial charge is 0.354 e. The number of nitrogens with zero attached hydrogens (tertiary/aromatic N) is 1. The summed E-state index contributed by atoms with van der Waals surface area (Å²) in [5.74, 6) is 0. The van der Waals surface area contributed by atoms with Gasteiger partial charge in [-0.05, 0) is 31.2 Å². The fourth-order valence-electron chi connectivity index (χ4n) is 1.92. The lowest BCUT2D eigenvalue weighted by atomic mass is 9.91. The molecule has 0 radical (unpaired) electrons. The van der Waals surface area contributed by atoms with Gasteiger partial charge in [-0.3, -0.25) is 0 Å². The van der Waals surface area contributed by atoms with E-state index in [2.05, 4.69) is 44.8 Å². The molecule has 0 atom stereocenters. The van der Waals surface area contributed by atoms with Gasteiger partial charge in [-0.1, -0.05) is 0 Å². The molecule has 0 saturated heterocycles. The summed E-state index contributed by atoms with van der Waals surface area (Å²) in [6.07, 6.45) is 7.48. The number of hydrogen-bond donors (Lipinski definition) is 0. The minimum Gasteiger partial charge on any atom is -0.141 e. The average molecular weight is 274 g/mol. The van der Waals surface area contributed by atoms with Crippen LogP contribution in [0.4, 0.5) is 0 Å². The van der Waals surface area contributed by atoms with Gasteiger partial charge in [0.2, 0.25) is 0 Å². The number of aromatic nitrogens is 1. The van der Waals surface area contributed by atoms with Gasteiger partial charge in [-0.25, -0.2) is 0 Å². The maximum absolute atomic E-state index is 2.35. The van der Waals surface area contributed by atoms with Crippen LogP contribution in [0.3, 0.4) is 0 Å². The van der Waals surface area contributed by atoms with Crippen LogP contribution in [0.25, 0.3) is 0 Å². The molecule has 0 fully saturated rings. The van der Waals surface area contributed by atoms with Gasteiger partial charge in [0.05, 0.1) is 0 Å². The van der Waals surface area contributed by atoms with Crippen molar-refractivity contribution in [2.45, 2.75) is 32.6 Å². The molecule has 0 unspecified atom stereocenters. The minimum absolute atomic E-state index is 1.28. The first kappa shape index (κ1) is 8.48. The molecule has 0 aliphatic heterocycles. The van der Waals surface area contributed by atoms with E-state index in [1.165, 1.54) is 31.4 Å². The summed E-state index contributed by atoms with van der Waals surface area (Å²) in [4.78, 5) is 0. The smallest absolute Gasteiger partial charge is 0.141 e. The standard InChI is InChI=1S/C10H13IN/c1-8-10-5-3-2-4-9(10)6-7-12(8)11/h6-7H,2-5H2,1H3/q+1. The summed E-state index contributed by atoms with van der Waals surface area (Å²) < 4.78 is 2.20. The quantitative estimate of drug-likeness (QED) is 0.639. The molecule has 1 heterocycles. The molecule has 1 aliphatic carbocycles. The molecule has 0 aromatic carbocycles. The first-order chi connectivity index (χ1) is 5.79. The molecule has 0 N–H and O–H groups in total. The lowest BCUT2D eigenvalue weighted by Gasteiger charge is -2.14. The molecule has 1 aromatic heterocycles. The van der Waals surface area contributed by atoms with E-state index in [-0.39, 0.29) is 0 Å². The predicted molar refractivity (Wildman–Crippen MR) is 57.4 cm³/mol. The van der Waals surface area contributed by atoms with Crippen molar-refractivity contribution in [2.24, 2.45) is 0 Å². The van der Waals surface area contributed by atoms with E-state index in [0.29, 0.717) is 0 Å². The Morgan fingerprint density at radius 1 is 1.33 bits per heavy atom. The average Bonchev–Trinajstić information content (AvgIpc) is 2.12. The van der Waals surface area contributed by atoms with Crippen molar-refractivity contribution in [3.8, 4) is 0 Å². The molecule has 0 spiro atoms. The Morgan fingerprint density at radius 2 is 2.08 bits per heavy atom. The van der Waals surface area contributed by atoms with Crippen LogP contribution in [0.1, 0.15) is 29.7 Å². The van der Waals surface area contributed by atoms with Crippen molar-refractivity contribution in [1.29, 1.82) is 0 Å². The highest BCUT2D eigenvalue weighted by Gasteiger charge is 2.17. The third kappa shape index (κ3) is 1.37. The van der Waals surface area contributed by atoms with Gasteiger partial charge in [0.1, 0.15) is 0 Å². The number of aryl methyl sites for hydroxylation is 1. The molecule has 0 amide bonds. The second kappa shape index (κ2) is 3.32. The van der Waals surface area contributed by atoms with Crippen LogP contribution in [0, 0.1) is 6.92 Å². The van der Waals surface area contributed by atoms with Crippen LogP contribution in [0.2, 0.25) is 0 Å². The monoisotopic (exact) mass is 274 g/mol. The predicted octanol–water partition coefficient (Wildman–Crippen LogP) is 2.36. The molecule has 1 aliphatic rings. The molecule has 1 aromatic rings. The molecule has 64 valence electrons. The topological polar surface area (TPSA) is 3.88 Å². The van der Waals surface area contributed by atoms with Crippen LogP contribution < -0.4 is 2.78 Å². The zero-order valence-corrected chi connectivity index (χ0v) is 9.47. The Kier molecular flexibility index (Phi) is 2.35. The Bertz CT molecular complexity index is 307. The number of pyridine rings is 1. The maximum Gasteiger partial charge on any atom is 0.354 e. The van der Waals surface area contributed by atoms with E-state index in [1.54, 1.807) is 11.1 Å². The highest BCUT2D eigenvalue weighted by molar-refractivity contribution is 14.1. The van der Waals surface area contributed by atoms with E-state index in [4.69, 9.17) is 0 Å². The number of rotatable bonds is 0. The van der Waals surface area contributed by atoms with Crippen molar-refractivity contribution >= 4 is 22.9 Å².